The van der Waals surface area contributed by atoms with Crippen LogP contribution in [0.15, 0.2) is 127 Å². The zero-order valence-electron chi connectivity index (χ0n) is 68.2. The van der Waals surface area contributed by atoms with E-state index in [0.29, 0.717) is 11.1 Å². The number of aromatic nitrogens is 3. The normalized spacial score (nSPS) is 22.7. The number of likely N-dealkylation sites (tertiary alicyclic amines) is 1. The molecule has 542 valence electrons. The van der Waals surface area contributed by atoms with Crippen LogP contribution >= 0.6 is 11.1 Å². The smallest absolute Gasteiger partial charge is 0.673 e. The van der Waals surface area contributed by atoms with Gasteiger partial charge in [0, 0.05) is 106 Å². The van der Waals surface area contributed by atoms with Crippen LogP contribution in [0.5, 0.6) is 0 Å². The van der Waals surface area contributed by atoms with E-state index >= 15 is 0 Å². The molecule has 102 heavy (non-hydrogen) atoms. The van der Waals surface area contributed by atoms with Gasteiger partial charge in [-0.1, -0.05) is 228 Å². The average Bonchev–Trinajstić information content (AvgIpc) is 1.56. The van der Waals surface area contributed by atoms with Gasteiger partial charge in [-0.05, 0) is 174 Å². The summed E-state index contributed by atoms with van der Waals surface area (Å²) in [6.07, 6.45) is 11.4. The van der Waals surface area contributed by atoms with Gasteiger partial charge in [-0.2, -0.15) is 11.1 Å². The molecule has 0 bridgehead atoms. The van der Waals surface area contributed by atoms with Crippen molar-refractivity contribution in [1.29, 1.82) is 0 Å². The SMILES string of the molecule is CC(C)(C)[NH-].CC1CCC2C(C1)C1C(C3CCCCC3C1[Si](C)(C)[N-]C(C)(C)C)N2C.Cc1ccc2c(c1)c1c(n2C)-c2ccccc2C1.Cc1ccc2c(c1)c1c(n2C)-c2ccccc2C1[Si](C)(C)Cl.Cc1ccc2c(c1)c1c(n2C)-c2ccccc2C1[Si](C)(C)NC(C)(C)C.[CH3-].[CH3-].[CH3-].[Li+].[Ti+4]. The number of rotatable bonds is 5. The van der Waals surface area contributed by atoms with Crippen LogP contribution in [0.3, 0.4) is 0 Å². The van der Waals surface area contributed by atoms with E-state index in [1.165, 1.54) is 156 Å². The second kappa shape index (κ2) is 31.7. The third-order valence-corrected chi connectivity index (χ3v) is 33.0. The molecule has 10 atom stereocenters. The quantitative estimate of drug-likeness (QED) is 0.106. The van der Waals surface area contributed by atoms with Crippen LogP contribution in [-0.4, -0.2) is 78.2 Å². The fourth-order valence-electron chi connectivity index (χ4n) is 20.8. The van der Waals surface area contributed by atoms with Crippen molar-refractivity contribution in [2.45, 2.75) is 226 Å². The number of fused-ring (bicyclic) bond motifs is 20. The molecule has 4 fully saturated rings. The van der Waals surface area contributed by atoms with E-state index in [1.807, 2.05) is 20.8 Å². The predicted molar refractivity (Wildman–Crippen MR) is 448 cm³/mol. The minimum Gasteiger partial charge on any atom is -0.673 e. The Morgan fingerprint density at radius 2 is 0.971 bits per heavy atom. The zero-order chi connectivity index (χ0) is 70.1. The molecule has 7 nitrogen and oxygen atoms in total. The molecule has 0 amide bonds. The van der Waals surface area contributed by atoms with Gasteiger partial charge < -0.3 is 51.7 Å². The van der Waals surface area contributed by atoms with Crippen molar-refractivity contribution < 1.29 is 40.6 Å². The van der Waals surface area contributed by atoms with Crippen LogP contribution in [0.1, 0.15) is 175 Å². The molecule has 1 saturated heterocycles. The van der Waals surface area contributed by atoms with Crippen molar-refractivity contribution in [1.82, 2.24) is 23.6 Å². The number of aryl methyl sites for hydroxylation is 6. The van der Waals surface area contributed by atoms with E-state index in [-0.39, 0.29) is 79.5 Å². The average molecular weight is 1470 g/mol. The number of benzene rings is 6. The van der Waals surface area contributed by atoms with Gasteiger partial charge in [0.2, 0.25) is 0 Å². The number of hydrogen-bond acceptors (Lipinski definition) is 2. The third kappa shape index (κ3) is 16.4. The van der Waals surface area contributed by atoms with E-state index < -0.39 is 23.9 Å². The van der Waals surface area contributed by atoms with Crippen molar-refractivity contribution in [3.63, 3.8) is 0 Å². The summed E-state index contributed by atoms with van der Waals surface area (Å²) in [5.41, 5.74) is 33.9. The number of nitrogens with one attached hydrogen (secondary N) is 2. The van der Waals surface area contributed by atoms with E-state index in [0.717, 1.165) is 53.6 Å². The Hall–Kier alpha value is -3.97. The van der Waals surface area contributed by atoms with Crippen molar-refractivity contribution in [3.05, 3.63) is 210 Å². The maximum atomic E-state index is 6.97. The number of nitrogens with zero attached hydrogens (tertiary/aromatic N) is 5. The van der Waals surface area contributed by atoms with Crippen molar-refractivity contribution in [2.75, 3.05) is 7.05 Å². The first-order chi connectivity index (χ1) is 45.3. The first kappa shape index (κ1) is 85.3. The molecular formula is C89H127ClLiN7Si3Ti. The topological polar surface area (TPSA) is 68.0 Å². The fourth-order valence-corrected chi connectivity index (χ4v) is 32.3. The van der Waals surface area contributed by atoms with Crippen molar-refractivity contribution in [2.24, 2.45) is 50.7 Å². The van der Waals surface area contributed by atoms with E-state index in [9.17, 15) is 0 Å². The summed E-state index contributed by atoms with van der Waals surface area (Å²) in [5, 5.41) is 4.23. The van der Waals surface area contributed by atoms with Gasteiger partial charge in [-0.25, -0.2) is 0 Å². The van der Waals surface area contributed by atoms with Crippen molar-refractivity contribution >= 4 is 67.6 Å². The Balaban J connectivity index is 0.000000185. The van der Waals surface area contributed by atoms with Gasteiger partial charge >= 0.3 is 40.6 Å². The molecule has 9 aromatic rings. The summed E-state index contributed by atoms with van der Waals surface area (Å²) >= 11 is 6.97. The first-order valence-corrected chi connectivity index (χ1v) is 47.3. The molecule has 7 aliphatic rings. The molecule has 6 aliphatic carbocycles. The molecule has 6 aromatic carbocycles. The Kier molecular flexibility index (Phi) is 26.5. The largest absolute Gasteiger partial charge is 4.00 e. The molecule has 3 aromatic heterocycles. The van der Waals surface area contributed by atoms with Crippen LogP contribution in [0.4, 0.5) is 0 Å². The van der Waals surface area contributed by atoms with E-state index in [1.54, 1.807) is 5.56 Å². The fraction of sp³-hybridized carbons (Fsp3) is 0.494. The molecule has 0 spiro atoms. The Morgan fingerprint density at radius 1 is 0.539 bits per heavy atom. The van der Waals surface area contributed by atoms with Gasteiger partial charge in [-0.3, -0.25) is 4.90 Å². The number of halogens is 1. The van der Waals surface area contributed by atoms with E-state index in [4.69, 9.17) is 21.8 Å². The number of hydrogen-bond donors (Lipinski definition) is 1. The summed E-state index contributed by atoms with van der Waals surface area (Å²) in [5.74, 6) is 4.81. The predicted octanol–water partition coefficient (Wildman–Crippen LogP) is 21.8. The molecule has 13 heteroatoms. The van der Waals surface area contributed by atoms with Crippen LogP contribution < -0.4 is 23.8 Å². The molecule has 10 unspecified atom stereocenters. The standard InChI is InChI=1S/C23H43N2Si.C23H30N2Si.C19H20ClNSi.C17H15N.C4H10N.3CH3.Li.Ti/c2*1-15-12-13-19-18(14-15)20-21(25(19)5)16-10-8-9-11-17(16)22(20)26(6,7)24-23(2,3)4;1-12-9-10-16-15(11-12)17-18(21(16)2)13-7-5-6-8-14(13)19(17)22(3,4)20;1-11-7-8-16-14(9-11)15-10-12-5-3-4-6-13(12)17(15)18(16)2;1-4(2,3)5;;;;;/h15-22H,8-14H2,1-7H3;8-14,22,24H,1-7H3;5-11,19H,1-4H3;3-9H,10H2,1-2H3;5H,1-3H3;3*1H3;;/q-1;;;;4*-1;+1;+4. The Morgan fingerprint density at radius 3 is 1.46 bits per heavy atom. The summed E-state index contributed by atoms with van der Waals surface area (Å²) in [4.78, 5) is 12.5. The zero-order valence-corrected chi connectivity index (χ0v) is 73.5. The Bertz CT molecular complexity index is 4410. The van der Waals surface area contributed by atoms with Gasteiger partial charge in [0.1, 0.15) is 8.24 Å². The van der Waals surface area contributed by atoms with Gasteiger partial charge in [0.15, 0.2) is 7.38 Å². The van der Waals surface area contributed by atoms with Gasteiger partial charge in [-0.15, -0.1) is 11.1 Å². The summed E-state index contributed by atoms with van der Waals surface area (Å²) < 4.78 is 7.10. The second-order valence-corrected chi connectivity index (χ2v) is 50.9. The van der Waals surface area contributed by atoms with Crippen LogP contribution in [0, 0.1) is 72.6 Å². The molecule has 4 heterocycles. The van der Waals surface area contributed by atoms with Gasteiger partial charge in [0.25, 0.3) is 0 Å². The monoisotopic (exact) mass is 1470 g/mol. The first-order valence-electron chi connectivity index (χ1n) is 37.1. The molecule has 0 radical (unpaired) electrons. The van der Waals surface area contributed by atoms with Gasteiger partial charge in [0.05, 0.1) is 17.1 Å². The van der Waals surface area contributed by atoms with Crippen molar-refractivity contribution in [3.8, 4) is 33.8 Å². The van der Waals surface area contributed by atoms with Crippen LogP contribution in [0.25, 0.3) is 77.2 Å². The summed E-state index contributed by atoms with van der Waals surface area (Å²) in [6.45, 7) is 43.2. The van der Waals surface area contributed by atoms with Crippen LogP contribution in [0.2, 0.25) is 44.8 Å². The van der Waals surface area contributed by atoms with Crippen LogP contribution in [-0.2, 0) is 49.3 Å². The summed E-state index contributed by atoms with van der Waals surface area (Å²) in [6, 6.07) is 48.8. The molecule has 3 saturated carbocycles. The summed E-state index contributed by atoms with van der Waals surface area (Å²) in [7, 11) is 3.77. The molecular weight excluding hydrogens is 1340 g/mol. The molecule has 1 aliphatic heterocycles. The minimum atomic E-state index is -1.89. The second-order valence-electron chi connectivity index (χ2n) is 35.8. The Labute approximate surface area is 654 Å². The third-order valence-electron chi connectivity index (χ3n) is 23.3. The van der Waals surface area contributed by atoms with E-state index in [2.05, 4.69) is 288 Å². The molecule has 16 rings (SSSR count). The maximum Gasteiger partial charge on any atom is 4.00 e. The minimum absolute atomic E-state index is 0. The maximum absolute atomic E-state index is 6.97. The molecule has 2 N–H and O–H groups in total.